The number of carbonyl (C=O) groups excluding carboxylic acids is 3. The quantitative estimate of drug-likeness (QED) is 0.342. The standard InChI is InChI=1S/C33H43FN4O6S/c1-21(31(2,3)4)45(42,43)37-33(15-12-22-8-9-22,23-13-16-35-17-14-23)24-10-11-26(34)27(18-24)36-29(40)28-19-25(39)20-38(28)30(41)44-32(5,6)7/h10-11,13-14,16-18,22,28,37H,1,8-9,12,15,19-20H2,2-7H3,(H,36,40). The van der Waals surface area contributed by atoms with Gasteiger partial charge < -0.3 is 10.1 Å². The average Bonchev–Trinajstić information content (AvgIpc) is 3.69. The summed E-state index contributed by atoms with van der Waals surface area (Å²) in [4.78, 5) is 43.7. The summed E-state index contributed by atoms with van der Waals surface area (Å²) >= 11 is 0. The van der Waals surface area contributed by atoms with Gasteiger partial charge in [-0.05, 0) is 80.3 Å². The lowest BCUT2D eigenvalue weighted by molar-refractivity contribution is -0.121. The van der Waals surface area contributed by atoms with Crippen LogP contribution in [-0.4, -0.2) is 54.3 Å². The molecule has 2 aromatic rings. The van der Waals surface area contributed by atoms with Crippen molar-refractivity contribution >= 4 is 33.5 Å². The highest BCUT2D eigenvalue weighted by Crippen LogP contribution is 2.43. The van der Waals surface area contributed by atoms with Crippen LogP contribution in [0.2, 0.25) is 0 Å². The fourth-order valence-corrected chi connectivity index (χ4v) is 7.05. The maximum Gasteiger partial charge on any atom is 0.411 e. The molecule has 244 valence electrons. The van der Waals surface area contributed by atoms with Crippen molar-refractivity contribution in [2.75, 3.05) is 11.9 Å². The zero-order valence-electron chi connectivity index (χ0n) is 26.8. The molecule has 2 amide bonds. The Kier molecular flexibility index (Phi) is 9.61. The molecule has 2 unspecified atom stereocenters. The number of sulfonamides is 1. The van der Waals surface area contributed by atoms with E-state index in [9.17, 15) is 22.8 Å². The summed E-state index contributed by atoms with van der Waals surface area (Å²) in [5, 5.41) is 2.55. The number of nitrogens with zero attached hydrogens (tertiary/aromatic N) is 2. The highest BCUT2D eigenvalue weighted by molar-refractivity contribution is 7.93. The number of halogens is 1. The topological polar surface area (TPSA) is 135 Å². The summed E-state index contributed by atoms with van der Waals surface area (Å²) in [5.41, 5.74) is -2.23. The molecule has 1 aliphatic heterocycles. The fraction of sp³-hybridized carbons (Fsp3) is 0.515. The Balaban J connectivity index is 1.76. The van der Waals surface area contributed by atoms with Crippen LogP contribution < -0.4 is 10.0 Å². The molecule has 2 heterocycles. The first-order valence-electron chi connectivity index (χ1n) is 15.1. The molecule has 1 aromatic carbocycles. The molecular weight excluding hydrogens is 599 g/mol. The van der Waals surface area contributed by atoms with Gasteiger partial charge in [-0.2, -0.15) is 4.72 Å². The largest absolute Gasteiger partial charge is 0.444 e. The van der Waals surface area contributed by atoms with Gasteiger partial charge in [-0.25, -0.2) is 17.6 Å². The lowest BCUT2D eigenvalue weighted by Crippen LogP contribution is -2.48. The molecule has 1 saturated carbocycles. The number of rotatable bonds is 10. The summed E-state index contributed by atoms with van der Waals surface area (Å²) in [6.45, 7) is 13.9. The molecule has 1 aromatic heterocycles. The molecule has 2 N–H and O–H groups in total. The van der Waals surface area contributed by atoms with Crippen LogP contribution in [0, 0.1) is 17.2 Å². The lowest BCUT2D eigenvalue weighted by atomic mass is 9.79. The van der Waals surface area contributed by atoms with Gasteiger partial charge in [-0.1, -0.05) is 46.3 Å². The Labute approximate surface area is 264 Å². The normalized spacial score (nSPS) is 18.8. The van der Waals surface area contributed by atoms with E-state index >= 15 is 4.39 Å². The Morgan fingerprint density at radius 1 is 1.07 bits per heavy atom. The third-order valence-corrected chi connectivity index (χ3v) is 9.94. The summed E-state index contributed by atoms with van der Waals surface area (Å²) in [6.07, 6.45) is 5.16. The van der Waals surface area contributed by atoms with E-state index in [0.717, 1.165) is 23.8 Å². The molecule has 2 fully saturated rings. The molecule has 12 heteroatoms. The smallest absolute Gasteiger partial charge is 0.411 e. The summed E-state index contributed by atoms with van der Waals surface area (Å²) in [5.74, 6) is -1.44. The molecule has 1 saturated heterocycles. The molecule has 0 bridgehead atoms. The van der Waals surface area contributed by atoms with Gasteiger partial charge in [0.05, 0.1) is 22.7 Å². The Bertz CT molecular complexity index is 1580. The van der Waals surface area contributed by atoms with Gasteiger partial charge in [-0.3, -0.25) is 19.5 Å². The van der Waals surface area contributed by atoms with Crippen LogP contribution in [0.3, 0.4) is 0 Å². The van der Waals surface area contributed by atoms with Gasteiger partial charge in [0.15, 0.2) is 5.78 Å². The number of Topliss-reactive ketones (excluding diaryl/α,β-unsaturated/α-hetero) is 1. The van der Waals surface area contributed by atoms with Gasteiger partial charge in [0.25, 0.3) is 0 Å². The number of benzene rings is 1. The molecule has 1 aliphatic carbocycles. The number of carbonyl (C=O) groups is 3. The number of hydrogen-bond donors (Lipinski definition) is 2. The predicted molar refractivity (Wildman–Crippen MR) is 169 cm³/mol. The van der Waals surface area contributed by atoms with Crippen LogP contribution >= 0.6 is 0 Å². The van der Waals surface area contributed by atoms with Crippen LogP contribution in [0.4, 0.5) is 14.9 Å². The van der Waals surface area contributed by atoms with Gasteiger partial charge in [0.2, 0.25) is 15.9 Å². The second kappa shape index (κ2) is 12.6. The van der Waals surface area contributed by atoms with Gasteiger partial charge in [-0.15, -0.1) is 0 Å². The van der Waals surface area contributed by atoms with Gasteiger partial charge >= 0.3 is 6.09 Å². The van der Waals surface area contributed by atoms with E-state index in [4.69, 9.17) is 4.74 Å². The van der Waals surface area contributed by atoms with Crippen LogP contribution in [-0.2, 0) is 29.9 Å². The van der Waals surface area contributed by atoms with E-state index in [1.54, 1.807) is 66.1 Å². The summed E-state index contributed by atoms with van der Waals surface area (Å²) in [7, 11) is -4.14. The SMILES string of the molecule is C=C(C(C)(C)C)S(=O)(=O)NC(CCC1CC1)(c1ccncc1)c1ccc(F)c(NC(=O)C2CC(=O)CN2C(=O)OC(C)(C)C)c1. The Morgan fingerprint density at radius 3 is 2.29 bits per heavy atom. The molecule has 0 radical (unpaired) electrons. The van der Waals surface area contributed by atoms with Crippen molar-refractivity contribution in [3.05, 3.63) is 71.2 Å². The monoisotopic (exact) mass is 642 g/mol. The second-order valence-electron chi connectivity index (χ2n) is 14.0. The number of anilines is 1. The maximum atomic E-state index is 15.4. The number of allylic oxidation sites excluding steroid dienone is 1. The number of ketones is 1. The first kappa shape index (κ1) is 34.2. The summed E-state index contributed by atoms with van der Waals surface area (Å²) in [6, 6.07) is 6.27. The number of aromatic nitrogens is 1. The first-order valence-corrected chi connectivity index (χ1v) is 16.6. The number of pyridine rings is 1. The molecule has 0 spiro atoms. The minimum Gasteiger partial charge on any atom is -0.444 e. The fourth-order valence-electron chi connectivity index (χ4n) is 5.32. The number of likely N-dealkylation sites (tertiary alicyclic amines) is 1. The van der Waals surface area contributed by atoms with Crippen molar-refractivity contribution in [3.63, 3.8) is 0 Å². The molecule has 45 heavy (non-hydrogen) atoms. The van der Waals surface area contributed by atoms with E-state index in [1.807, 2.05) is 0 Å². The Hall–Kier alpha value is -3.64. The average molecular weight is 643 g/mol. The van der Waals surface area contributed by atoms with Crippen molar-refractivity contribution in [2.24, 2.45) is 11.3 Å². The predicted octanol–water partition coefficient (Wildman–Crippen LogP) is 5.65. The molecule has 10 nitrogen and oxygen atoms in total. The third-order valence-electron chi connectivity index (χ3n) is 8.06. The van der Waals surface area contributed by atoms with Crippen molar-refractivity contribution in [3.8, 4) is 0 Å². The van der Waals surface area contributed by atoms with Crippen LogP contribution in [0.5, 0.6) is 0 Å². The van der Waals surface area contributed by atoms with Gasteiger partial charge in [0, 0.05) is 18.8 Å². The van der Waals surface area contributed by atoms with Crippen molar-refractivity contribution in [2.45, 2.75) is 90.8 Å². The van der Waals surface area contributed by atoms with E-state index in [0.29, 0.717) is 29.9 Å². The number of nitrogens with one attached hydrogen (secondary N) is 2. The molecular formula is C33H43FN4O6S. The van der Waals surface area contributed by atoms with E-state index in [1.165, 1.54) is 12.1 Å². The minimum atomic E-state index is -4.14. The highest BCUT2D eigenvalue weighted by atomic mass is 32.2. The first-order chi connectivity index (χ1) is 20.8. The van der Waals surface area contributed by atoms with Crippen LogP contribution in [0.15, 0.2) is 54.2 Å². The minimum absolute atomic E-state index is 0.0105. The van der Waals surface area contributed by atoms with Crippen molar-refractivity contribution in [1.29, 1.82) is 0 Å². The zero-order chi connectivity index (χ0) is 33.4. The Morgan fingerprint density at radius 2 is 1.71 bits per heavy atom. The van der Waals surface area contributed by atoms with E-state index in [-0.39, 0.29) is 29.3 Å². The molecule has 2 aliphatic rings. The van der Waals surface area contributed by atoms with Crippen molar-refractivity contribution < 1.29 is 31.9 Å². The maximum absolute atomic E-state index is 15.4. The van der Waals surface area contributed by atoms with Gasteiger partial charge in [0.1, 0.15) is 17.5 Å². The number of hydrogen-bond acceptors (Lipinski definition) is 7. The highest BCUT2D eigenvalue weighted by Gasteiger charge is 2.44. The lowest BCUT2D eigenvalue weighted by Gasteiger charge is -2.37. The molecule has 4 rings (SSSR count). The van der Waals surface area contributed by atoms with Crippen molar-refractivity contribution in [1.82, 2.24) is 14.6 Å². The molecule has 2 atom stereocenters. The summed E-state index contributed by atoms with van der Waals surface area (Å²) < 4.78 is 51.4. The zero-order valence-corrected chi connectivity index (χ0v) is 27.6. The second-order valence-corrected chi connectivity index (χ2v) is 15.7. The third kappa shape index (κ3) is 8.15. The number of amides is 2. The van der Waals surface area contributed by atoms with E-state index < -0.39 is 50.4 Å². The number of ether oxygens (including phenoxy) is 1. The van der Waals surface area contributed by atoms with Crippen LogP contribution in [0.1, 0.15) is 84.8 Å². The van der Waals surface area contributed by atoms with E-state index in [2.05, 4.69) is 21.6 Å². The van der Waals surface area contributed by atoms with Crippen LogP contribution in [0.25, 0.3) is 0 Å².